The molecule has 0 aromatic rings. The fourth-order valence-corrected chi connectivity index (χ4v) is 0.959. The second-order valence-corrected chi connectivity index (χ2v) is 3.69. The highest BCUT2D eigenvalue weighted by Crippen LogP contribution is 2.00. The molecule has 0 radical (unpaired) electrons. The van der Waals surface area contributed by atoms with Crippen LogP contribution in [-0.4, -0.2) is 29.1 Å². The minimum Gasteiger partial charge on any atom is -0.480 e. The van der Waals surface area contributed by atoms with E-state index >= 15 is 0 Å². The van der Waals surface area contributed by atoms with Crippen LogP contribution < -0.4 is 11.1 Å². The Morgan fingerprint density at radius 3 is 2.40 bits per heavy atom. The van der Waals surface area contributed by atoms with Gasteiger partial charge in [-0.3, -0.25) is 4.79 Å². The number of nitrogens with one attached hydrogen (secondary N) is 1. The average molecular weight is 214 g/mol. The van der Waals surface area contributed by atoms with Crippen LogP contribution in [0.5, 0.6) is 0 Å². The first kappa shape index (κ1) is 13.6. The second-order valence-electron chi connectivity index (χ2n) is 3.69. The predicted octanol–water partition coefficient (Wildman–Crippen LogP) is 0.115. The van der Waals surface area contributed by atoms with Gasteiger partial charge in [-0.05, 0) is 12.3 Å². The van der Waals surface area contributed by atoms with Crippen LogP contribution in [0.25, 0.3) is 0 Å². The molecule has 0 bridgehead atoms. The van der Waals surface area contributed by atoms with Gasteiger partial charge in [0.2, 0.25) is 5.91 Å². The molecule has 0 saturated heterocycles. The molecule has 0 saturated carbocycles. The number of amides is 1. The smallest absolute Gasteiger partial charge is 0.326 e. The summed E-state index contributed by atoms with van der Waals surface area (Å²) in [5.74, 6) is -1.55. The zero-order chi connectivity index (χ0) is 12.0. The lowest BCUT2D eigenvalue weighted by Gasteiger charge is -2.18. The molecule has 2 atom stereocenters. The molecular formula is C10H18N2O3. The standard InChI is InChI=1S/C10H18N2O3/c1-4-5-7(10(14)15)12-9(13)8(11)6(2)3/h4,6-8H,1,5,11H2,2-3H3,(H,12,13)(H,14,15)/t7?,8-/m1/s1. The molecule has 0 aliphatic rings. The number of hydrogen-bond acceptors (Lipinski definition) is 3. The van der Waals surface area contributed by atoms with E-state index in [9.17, 15) is 9.59 Å². The minimum atomic E-state index is -1.08. The van der Waals surface area contributed by atoms with Crippen molar-refractivity contribution in [3.63, 3.8) is 0 Å². The number of aliphatic carboxylic acids is 1. The maximum absolute atomic E-state index is 11.4. The van der Waals surface area contributed by atoms with Crippen LogP contribution in [-0.2, 0) is 9.59 Å². The van der Waals surface area contributed by atoms with Crippen molar-refractivity contribution in [2.45, 2.75) is 32.4 Å². The molecule has 5 nitrogen and oxygen atoms in total. The minimum absolute atomic E-state index is 0.0248. The Morgan fingerprint density at radius 1 is 1.53 bits per heavy atom. The number of carbonyl (C=O) groups excluding carboxylic acids is 1. The maximum atomic E-state index is 11.4. The Balaban J connectivity index is 4.34. The van der Waals surface area contributed by atoms with Gasteiger partial charge in [0, 0.05) is 0 Å². The highest BCUT2D eigenvalue weighted by atomic mass is 16.4. The van der Waals surface area contributed by atoms with E-state index in [2.05, 4.69) is 11.9 Å². The third-order valence-corrected chi connectivity index (χ3v) is 2.04. The number of carboxylic acid groups (broad SMARTS) is 1. The van der Waals surface area contributed by atoms with Gasteiger partial charge in [-0.15, -0.1) is 6.58 Å². The monoisotopic (exact) mass is 214 g/mol. The van der Waals surface area contributed by atoms with Crippen molar-refractivity contribution in [2.24, 2.45) is 11.7 Å². The molecule has 0 aliphatic heterocycles. The van der Waals surface area contributed by atoms with Crippen molar-refractivity contribution < 1.29 is 14.7 Å². The average Bonchev–Trinajstić information content (AvgIpc) is 2.15. The quantitative estimate of drug-likeness (QED) is 0.547. The van der Waals surface area contributed by atoms with Gasteiger partial charge in [-0.1, -0.05) is 19.9 Å². The molecule has 1 amide bonds. The highest BCUT2D eigenvalue weighted by Gasteiger charge is 2.23. The van der Waals surface area contributed by atoms with Crippen LogP contribution in [0, 0.1) is 5.92 Å². The summed E-state index contributed by atoms with van der Waals surface area (Å²) in [6.07, 6.45) is 1.63. The lowest BCUT2D eigenvalue weighted by atomic mass is 10.0. The summed E-state index contributed by atoms with van der Waals surface area (Å²) in [6, 6.07) is -1.63. The molecule has 4 N–H and O–H groups in total. The van der Waals surface area contributed by atoms with Gasteiger partial charge < -0.3 is 16.2 Å². The van der Waals surface area contributed by atoms with E-state index in [-0.39, 0.29) is 12.3 Å². The largest absolute Gasteiger partial charge is 0.480 e. The molecule has 1 unspecified atom stereocenters. The molecule has 5 heteroatoms. The third kappa shape index (κ3) is 4.60. The Hall–Kier alpha value is -1.36. The predicted molar refractivity (Wildman–Crippen MR) is 57.2 cm³/mol. The molecule has 0 fully saturated rings. The van der Waals surface area contributed by atoms with Crippen LogP contribution in [0.15, 0.2) is 12.7 Å². The van der Waals surface area contributed by atoms with Gasteiger partial charge >= 0.3 is 5.97 Å². The van der Waals surface area contributed by atoms with E-state index < -0.39 is 24.0 Å². The van der Waals surface area contributed by atoms with Gasteiger partial charge in [0.05, 0.1) is 6.04 Å². The number of rotatable bonds is 6. The number of hydrogen-bond donors (Lipinski definition) is 3. The van der Waals surface area contributed by atoms with E-state index in [0.717, 1.165) is 0 Å². The topological polar surface area (TPSA) is 92.4 Å². The highest BCUT2D eigenvalue weighted by molar-refractivity contribution is 5.86. The molecule has 0 aliphatic carbocycles. The summed E-state index contributed by atoms with van der Waals surface area (Å²) in [4.78, 5) is 22.2. The van der Waals surface area contributed by atoms with Crippen LogP contribution in [0.4, 0.5) is 0 Å². The summed E-state index contributed by atoms with van der Waals surface area (Å²) in [5, 5.41) is 11.1. The van der Waals surface area contributed by atoms with E-state index in [0.29, 0.717) is 0 Å². The van der Waals surface area contributed by atoms with Crippen molar-refractivity contribution >= 4 is 11.9 Å². The summed E-state index contributed by atoms with van der Waals surface area (Å²) >= 11 is 0. The van der Waals surface area contributed by atoms with E-state index in [1.807, 2.05) is 0 Å². The fourth-order valence-electron chi connectivity index (χ4n) is 0.959. The van der Waals surface area contributed by atoms with E-state index in [1.165, 1.54) is 6.08 Å². The van der Waals surface area contributed by atoms with Crippen LogP contribution in [0.3, 0.4) is 0 Å². The number of nitrogens with two attached hydrogens (primary N) is 1. The molecule has 15 heavy (non-hydrogen) atoms. The lowest BCUT2D eigenvalue weighted by Crippen LogP contribution is -2.50. The van der Waals surface area contributed by atoms with Crippen molar-refractivity contribution in [1.29, 1.82) is 0 Å². The maximum Gasteiger partial charge on any atom is 0.326 e. The van der Waals surface area contributed by atoms with Crippen LogP contribution in [0.1, 0.15) is 20.3 Å². The van der Waals surface area contributed by atoms with Gasteiger partial charge in [0.15, 0.2) is 0 Å². The zero-order valence-corrected chi connectivity index (χ0v) is 9.06. The van der Waals surface area contributed by atoms with Crippen molar-refractivity contribution in [3.8, 4) is 0 Å². The Kier molecular flexibility index (Phi) is 5.62. The first-order valence-electron chi connectivity index (χ1n) is 4.79. The Labute approximate surface area is 89.3 Å². The third-order valence-electron chi connectivity index (χ3n) is 2.04. The number of carbonyl (C=O) groups is 2. The van der Waals surface area contributed by atoms with E-state index in [4.69, 9.17) is 10.8 Å². The second kappa shape index (κ2) is 6.19. The summed E-state index contributed by atoms with van der Waals surface area (Å²) in [7, 11) is 0. The zero-order valence-electron chi connectivity index (χ0n) is 9.06. The van der Waals surface area contributed by atoms with Crippen molar-refractivity contribution in [2.75, 3.05) is 0 Å². The Bertz CT molecular complexity index is 251. The van der Waals surface area contributed by atoms with Crippen molar-refractivity contribution in [3.05, 3.63) is 12.7 Å². The summed E-state index contributed by atoms with van der Waals surface area (Å²) in [6.45, 7) is 7.02. The molecule has 0 rings (SSSR count). The molecular weight excluding hydrogens is 196 g/mol. The molecule has 0 spiro atoms. The van der Waals surface area contributed by atoms with Crippen LogP contribution >= 0.6 is 0 Å². The first-order valence-corrected chi connectivity index (χ1v) is 4.79. The van der Waals surface area contributed by atoms with Gasteiger partial charge in [-0.2, -0.15) is 0 Å². The summed E-state index contributed by atoms with van der Waals surface area (Å²) < 4.78 is 0. The SMILES string of the molecule is C=CCC(NC(=O)[C@H](N)C(C)C)C(=O)O. The van der Waals surface area contributed by atoms with Gasteiger partial charge in [0.1, 0.15) is 6.04 Å². The van der Waals surface area contributed by atoms with Crippen LogP contribution in [0.2, 0.25) is 0 Å². The fraction of sp³-hybridized carbons (Fsp3) is 0.600. The normalized spacial score (nSPS) is 14.4. The van der Waals surface area contributed by atoms with Gasteiger partial charge in [0.25, 0.3) is 0 Å². The van der Waals surface area contributed by atoms with Gasteiger partial charge in [-0.25, -0.2) is 4.79 Å². The first-order chi connectivity index (χ1) is 6.90. The summed E-state index contributed by atoms with van der Waals surface area (Å²) in [5.41, 5.74) is 5.57. The molecule has 0 heterocycles. The van der Waals surface area contributed by atoms with Crippen molar-refractivity contribution in [1.82, 2.24) is 5.32 Å². The Morgan fingerprint density at radius 2 is 2.07 bits per heavy atom. The molecule has 0 aromatic heterocycles. The lowest BCUT2D eigenvalue weighted by molar-refractivity contribution is -0.142. The van der Waals surface area contributed by atoms with E-state index in [1.54, 1.807) is 13.8 Å². The molecule has 86 valence electrons. The number of carboxylic acids is 1. The molecule has 0 aromatic carbocycles.